The van der Waals surface area contributed by atoms with Crippen LogP contribution in [0.3, 0.4) is 0 Å². The van der Waals surface area contributed by atoms with Crippen LogP contribution < -0.4 is 5.32 Å². The highest BCUT2D eigenvalue weighted by Crippen LogP contribution is 2.44. The van der Waals surface area contributed by atoms with Gasteiger partial charge in [0, 0.05) is 22.6 Å². The molecule has 0 radical (unpaired) electrons. The minimum absolute atomic E-state index is 0.670. The molecule has 2 unspecified atom stereocenters. The van der Waals surface area contributed by atoms with Crippen LogP contribution in [0.15, 0.2) is 29.2 Å². The summed E-state index contributed by atoms with van der Waals surface area (Å²) in [6.07, 6.45) is 5.67. The highest BCUT2D eigenvalue weighted by Gasteiger charge is 2.35. The van der Waals surface area contributed by atoms with E-state index in [1.54, 1.807) is 5.56 Å². The van der Waals surface area contributed by atoms with E-state index < -0.39 is 0 Å². The van der Waals surface area contributed by atoms with Gasteiger partial charge in [-0.3, -0.25) is 0 Å². The fraction of sp³-hybridized carbons (Fsp3) is 0.647. The molecule has 19 heavy (non-hydrogen) atoms. The maximum absolute atomic E-state index is 3.66. The first-order chi connectivity index (χ1) is 9.29. The van der Waals surface area contributed by atoms with E-state index in [0.717, 1.165) is 11.8 Å². The zero-order valence-corrected chi connectivity index (χ0v) is 12.9. The third-order valence-corrected chi connectivity index (χ3v) is 6.28. The molecule has 0 spiro atoms. The van der Waals surface area contributed by atoms with Gasteiger partial charge in [0.1, 0.15) is 0 Å². The van der Waals surface area contributed by atoms with E-state index in [1.807, 2.05) is 11.8 Å². The van der Waals surface area contributed by atoms with Crippen LogP contribution in [0.4, 0.5) is 0 Å². The Labute approximate surface area is 121 Å². The van der Waals surface area contributed by atoms with Gasteiger partial charge in [0.25, 0.3) is 0 Å². The second-order valence-electron chi connectivity index (χ2n) is 6.29. The number of fused-ring (bicyclic) bond motifs is 1. The van der Waals surface area contributed by atoms with Crippen LogP contribution in [0.2, 0.25) is 0 Å². The topological polar surface area (TPSA) is 12.0 Å². The maximum Gasteiger partial charge on any atom is 0.0169 e. The van der Waals surface area contributed by atoms with Crippen molar-refractivity contribution in [2.75, 3.05) is 12.8 Å². The minimum Gasteiger partial charge on any atom is -0.316 e. The fourth-order valence-corrected chi connectivity index (χ4v) is 5.20. The molecule has 104 valence electrons. The first-order valence-electron chi connectivity index (χ1n) is 7.68. The van der Waals surface area contributed by atoms with Crippen LogP contribution >= 0.6 is 11.8 Å². The lowest BCUT2D eigenvalue weighted by atomic mass is 9.74. The van der Waals surface area contributed by atoms with Gasteiger partial charge in [0.15, 0.2) is 0 Å². The van der Waals surface area contributed by atoms with E-state index in [0.29, 0.717) is 12.0 Å². The molecule has 0 aromatic heterocycles. The Balaban J connectivity index is 1.76. The Kier molecular flexibility index (Phi) is 4.18. The molecule has 0 bridgehead atoms. The zero-order valence-electron chi connectivity index (χ0n) is 12.1. The monoisotopic (exact) mass is 275 g/mol. The molecule has 1 aromatic rings. The van der Waals surface area contributed by atoms with Crippen LogP contribution in [-0.4, -0.2) is 18.8 Å². The molecule has 1 fully saturated rings. The average Bonchev–Trinajstić information content (AvgIpc) is 2.86. The summed E-state index contributed by atoms with van der Waals surface area (Å²) >= 11 is 2.04. The number of hydrogen-bond donors (Lipinski definition) is 1. The van der Waals surface area contributed by atoms with Crippen LogP contribution in [0, 0.1) is 11.8 Å². The Hall–Kier alpha value is -0.470. The number of thioether (sulfide) groups is 1. The van der Waals surface area contributed by atoms with Crippen molar-refractivity contribution in [3.63, 3.8) is 0 Å². The summed E-state index contributed by atoms with van der Waals surface area (Å²) in [6.45, 7) is 2.41. The van der Waals surface area contributed by atoms with Crippen LogP contribution in [0.1, 0.15) is 44.1 Å². The van der Waals surface area contributed by atoms with E-state index in [1.165, 1.54) is 36.3 Å². The molecule has 1 nitrogen and oxygen atoms in total. The lowest BCUT2D eigenvalue weighted by Crippen LogP contribution is -2.40. The van der Waals surface area contributed by atoms with Gasteiger partial charge < -0.3 is 5.32 Å². The minimum atomic E-state index is 0.670. The standard InChI is InChI=1S/C17H25NS/c1-12-7-9-13(10-8-12)17(18-2)15-11-19-16-6-4-3-5-14(15)16/h3-6,12-13,15,17-18H,7-11H2,1-2H3. The summed E-state index contributed by atoms with van der Waals surface area (Å²) < 4.78 is 0. The van der Waals surface area contributed by atoms with Gasteiger partial charge in [-0.2, -0.15) is 0 Å². The molecule has 1 aliphatic carbocycles. The van der Waals surface area contributed by atoms with Crippen LogP contribution in [0.25, 0.3) is 0 Å². The van der Waals surface area contributed by atoms with Crippen LogP contribution in [0.5, 0.6) is 0 Å². The maximum atomic E-state index is 3.66. The summed E-state index contributed by atoms with van der Waals surface area (Å²) in [6, 6.07) is 9.67. The van der Waals surface area contributed by atoms with Crippen LogP contribution in [-0.2, 0) is 0 Å². The van der Waals surface area contributed by atoms with Crippen molar-refractivity contribution in [2.45, 2.75) is 49.5 Å². The van der Waals surface area contributed by atoms with Crippen molar-refractivity contribution in [3.05, 3.63) is 29.8 Å². The Morgan fingerprint density at radius 2 is 1.89 bits per heavy atom. The smallest absolute Gasteiger partial charge is 0.0169 e. The van der Waals surface area contributed by atoms with Crippen molar-refractivity contribution < 1.29 is 0 Å². The summed E-state index contributed by atoms with van der Waals surface area (Å²) in [4.78, 5) is 1.51. The summed E-state index contributed by atoms with van der Waals surface area (Å²) in [7, 11) is 2.16. The van der Waals surface area contributed by atoms with Crippen molar-refractivity contribution >= 4 is 11.8 Å². The van der Waals surface area contributed by atoms with Gasteiger partial charge in [0.2, 0.25) is 0 Å². The average molecular weight is 275 g/mol. The molecule has 2 heteroatoms. The third kappa shape index (κ3) is 2.71. The third-order valence-electron chi connectivity index (χ3n) is 5.07. The quantitative estimate of drug-likeness (QED) is 0.883. The Morgan fingerprint density at radius 3 is 2.63 bits per heavy atom. The SMILES string of the molecule is CNC(C1CCC(C)CC1)C1CSc2ccccc21. The lowest BCUT2D eigenvalue weighted by Gasteiger charge is -2.36. The van der Waals surface area contributed by atoms with Gasteiger partial charge in [-0.05, 0) is 43.4 Å². The zero-order chi connectivity index (χ0) is 13.2. The number of likely N-dealkylation sites (N-methyl/N-ethyl adjacent to an activating group) is 1. The van der Waals surface area contributed by atoms with Gasteiger partial charge in [-0.15, -0.1) is 11.8 Å². The molecule has 2 atom stereocenters. The van der Waals surface area contributed by atoms with Crippen molar-refractivity contribution in [3.8, 4) is 0 Å². The first kappa shape index (κ1) is 13.5. The summed E-state index contributed by atoms with van der Waals surface area (Å²) in [5.41, 5.74) is 1.59. The second kappa shape index (κ2) is 5.88. The van der Waals surface area contributed by atoms with Crippen molar-refractivity contribution in [1.82, 2.24) is 5.32 Å². The number of rotatable bonds is 3. The number of nitrogens with one attached hydrogen (secondary N) is 1. The van der Waals surface area contributed by atoms with E-state index in [9.17, 15) is 0 Å². The highest BCUT2D eigenvalue weighted by molar-refractivity contribution is 7.99. The number of benzene rings is 1. The molecular formula is C17H25NS. The van der Waals surface area contributed by atoms with Gasteiger partial charge in [-0.25, -0.2) is 0 Å². The fourth-order valence-electron chi connectivity index (χ4n) is 3.90. The number of hydrogen-bond acceptors (Lipinski definition) is 2. The molecule has 1 heterocycles. The molecule has 2 aliphatic rings. The largest absolute Gasteiger partial charge is 0.316 e. The van der Waals surface area contributed by atoms with E-state index in [-0.39, 0.29) is 0 Å². The molecular weight excluding hydrogens is 250 g/mol. The normalized spacial score (nSPS) is 32.0. The molecule has 1 saturated carbocycles. The molecule has 1 aromatic carbocycles. The predicted octanol–water partition coefficient (Wildman–Crippen LogP) is 4.29. The molecule has 0 amide bonds. The first-order valence-corrected chi connectivity index (χ1v) is 8.67. The van der Waals surface area contributed by atoms with Gasteiger partial charge >= 0.3 is 0 Å². The van der Waals surface area contributed by atoms with E-state index >= 15 is 0 Å². The van der Waals surface area contributed by atoms with Gasteiger partial charge in [0.05, 0.1) is 0 Å². The second-order valence-corrected chi connectivity index (χ2v) is 7.35. The molecule has 1 aliphatic heterocycles. The predicted molar refractivity (Wildman–Crippen MR) is 83.9 cm³/mol. The molecule has 1 N–H and O–H groups in total. The molecule has 3 rings (SSSR count). The lowest BCUT2D eigenvalue weighted by molar-refractivity contribution is 0.221. The Morgan fingerprint density at radius 1 is 1.16 bits per heavy atom. The highest BCUT2D eigenvalue weighted by atomic mass is 32.2. The Bertz CT molecular complexity index is 423. The van der Waals surface area contributed by atoms with Gasteiger partial charge in [-0.1, -0.05) is 38.0 Å². The molecule has 0 saturated heterocycles. The summed E-state index contributed by atoms with van der Waals surface area (Å²) in [5, 5.41) is 3.66. The van der Waals surface area contributed by atoms with E-state index in [2.05, 4.69) is 43.6 Å². The van der Waals surface area contributed by atoms with E-state index in [4.69, 9.17) is 0 Å². The summed E-state index contributed by atoms with van der Waals surface area (Å²) in [5.74, 6) is 3.79. The van der Waals surface area contributed by atoms with Crippen molar-refractivity contribution in [1.29, 1.82) is 0 Å². The van der Waals surface area contributed by atoms with Crippen molar-refractivity contribution in [2.24, 2.45) is 11.8 Å².